The molecule has 21 heavy (non-hydrogen) atoms. The van der Waals surface area contributed by atoms with E-state index in [1.165, 1.54) is 0 Å². The SMILES string of the molecule is CNC(=O)C1CCCN(CCCOc2ccccc2N)C1. The monoisotopic (exact) mass is 291 g/mol. The van der Waals surface area contributed by atoms with E-state index in [0.29, 0.717) is 12.3 Å². The second-order valence-electron chi connectivity index (χ2n) is 5.49. The summed E-state index contributed by atoms with van der Waals surface area (Å²) >= 11 is 0. The zero-order chi connectivity index (χ0) is 15.1. The van der Waals surface area contributed by atoms with Crippen LogP contribution in [0.15, 0.2) is 24.3 Å². The predicted octanol–water partition coefficient (Wildman–Crippen LogP) is 1.50. The highest BCUT2D eigenvalue weighted by Gasteiger charge is 2.24. The minimum absolute atomic E-state index is 0.134. The molecule has 1 aliphatic heterocycles. The maximum atomic E-state index is 11.7. The van der Waals surface area contributed by atoms with Crippen LogP contribution in [-0.2, 0) is 4.79 Å². The molecule has 1 unspecified atom stereocenters. The minimum atomic E-state index is 0.134. The van der Waals surface area contributed by atoms with E-state index in [2.05, 4.69) is 10.2 Å². The summed E-state index contributed by atoms with van der Waals surface area (Å²) in [5.41, 5.74) is 6.51. The third kappa shape index (κ3) is 4.63. The van der Waals surface area contributed by atoms with Crippen LogP contribution in [0.4, 0.5) is 5.69 Å². The quantitative estimate of drug-likeness (QED) is 0.615. The first kappa shape index (κ1) is 15.6. The molecule has 0 aromatic heterocycles. The van der Waals surface area contributed by atoms with E-state index in [-0.39, 0.29) is 11.8 Å². The molecule has 0 saturated carbocycles. The Labute approximate surface area is 126 Å². The van der Waals surface area contributed by atoms with Crippen LogP contribution >= 0.6 is 0 Å². The number of carbonyl (C=O) groups is 1. The number of hydrogen-bond donors (Lipinski definition) is 2. The average molecular weight is 291 g/mol. The fourth-order valence-corrected chi connectivity index (χ4v) is 2.76. The summed E-state index contributed by atoms with van der Waals surface area (Å²) in [6.07, 6.45) is 3.02. The van der Waals surface area contributed by atoms with Gasteiger partial charge in [0.1, 0.15) is 5.75 Å². The summed E-state index contributed by atoms with van der Waals surface area (Å²) < 4.78 is 5.69. The van der Waals surface area contributed by atoms with Gasteiger partial charge in [-0.3, -0.25) is 4.79 Å². The fraction of sp³-hybridized carbons (Fsp3) is 0.562. The first-order chi connectivity index (χ1) is 10.2. The number of nitrogens with two attached hydrogens (primary N) is 1. The molecular weight excluding hydrogens is 266 g/mol. The number of amides is 1. The Morgan fingerprint density at radius 2 is 2.29 bits per heavy atom. The van der Waals surface area contributed by atoms with Gasteiger partial charge >= 0.3 is 0 Å². The topological polar surface area (TPSA) is 67.6 Å². The Hall–Kier alpha value is -1.75. The summed E-state index contributed by atoms with van der Waals surface area (Å²) in [7, 11) is 1.71. The number of rotatable bonds is 6. The Balaban J connectivity index is 1.69. The smallest absolute Gasteiger partial charge is 0.224 e. The normalized spacial score (nSPS) is 19.2. The number of carbonyl (C=O) groups excluding carboxylic acids is 1. The lowest BCUT2D eigenvalue weighted by Gasteiger charge is -2.31. The molecule has 0 spiro atoms. The van der Waals surface area contributed by atoms with Crippen molar-refractivity contribution >= 4 is 11.6 Å². The molecule has 1 aromatic rings. The lowest BCUT2D eigenvalue weighted by Crippen LogP contribution is -2.42. The molecule has 3 N–H and O–H groups in total. The first-order valence-corrected chi connectivity index (χ1v) is 7.62. The number of ether oxygens (including phenoxy) is 1. The maximum absolute atomic E-state index is 11.7. The lowest BCUT2D eigenvalue weighted by molar-refractivity contribution is -0.126. The van der Waals surface area contributed by atoms with E-state index in [0.717, 1.165) is 44.6 Å². The Morgan fingerprint density at radius 1 is 1.48 bits per heavy atom. The summed E-state index contributed by atoms with van der Waals surface area (Å²) in [5.74, 6) is 1.04. The van der Waals surface area contributed by atoms with E-state index in [4.69, 9.17) is 10.5 Å². The number of para-hydroxylation sites is 2. The standard InChI is InChI=1S/C16H25N3O2/c1-18-16(20)13-6-4-9-19(12-13)10-5-11-21-15-8-3-2-7-14(15)17/h2-3,7-8,13H,4-6,9-12,17H2,1H3,(H,18,20). The van der Waals surface area contributed by atoms with E-state index in [9.17, 15) is 4.79 Å². The van der Waals surface area contributed by atoms with Crippen molar-refractivity contribution in [2.45, 2.75) is 19.3 Å². The number of anilines is 1. The van der Waals surface area contributed by atoms with E-state index in [1.54, 1.807) is 7.05 Å². The van der Waals surface area contributed by atoms with Crippen LogP contribution in [0.5, 0.6) is 5.75 Å². The Kier molecular flexibility index (Phi) is 5.87. The number of nitrogens with zero attached hydrogens (tertiary/aromatic N) is 1. The molecule has 1 atom stereocenters. The van der Waals surface area contributed by atoms with Gasteiger partial charge in [-0.2, -0.15) is 0 Å². The van der Waals surface area contributed by atoms with Crippen LogP contribution in [0.2, 0.25) is 0 Å². The van der Waals surface area contributed by atoms with Gasteiger partial charge in [-0.1, -0.05) is 12.1 Å². The fourth-order valence-electron chi connectivity index (χ4n) is 2.76. The van der Waals surface area contributed by atoms with Gasteiger partial charge in [0.25, 0.3) is 0 Å². The second-order valence-corrected chi connectivity index (χ2v) is 5.49. The Bertz CT molecular complexity index is 465. The largest absolute Gasteiger partial charge is 0.491 e. The number of likely N-dealkylation sites (tertiary alicyclic amines) is 1. The van der Waals surface area contributed by atoms with E-state index < -0.39 is 0 Å². The van der Waals surface area contributed by atoms with Gasteiger partial charge in [-0.15, -0.1) is 0 Å². The molecule has 1 aromatic carbocycles. The van der Waals surface area contributed by atoms with Gasteiger partial charge in [0, 0.05) is 20.1 Å². The maximum Gasteiger partial charge on any atom is 0.224 e. The van der Waals surface area contributed by atoms with Gasteiger partial charge in [-0.05, 0) is 37.9 Å². The van der Waals surface area contributed by atoms with Gasteiger partial charge in [0.15, 0.2) is 0 Å². The molecule has 0 aliphatic carbocycles. The van der Waals surface area contributed by atoms with Crippen LogP contribution < -0.4 is 15.8 Å². The number of piperidine rings is 1. The number of nitrogen functional groups attached to an aromatic ring is 1. The van der Waals surface area contributed by atoms with Crippen molar-refractivity contribution in [3.8, 4) is 5.75 Å². The molecule has 1 fully saturated rings. The van der Waals surface area contributed by atoms with Crippen molar-refractivity contribution in [1.82, 2.24) is 10.2 Å². The number of hydrogen-bond acceptors (Lipinski definition) is 4. The summed E-state index contributed by atoms with van der Waals surface area (Å²) in [4.78, 5) is 14.0. The molecule has 2 rings (SSSR count). The molecule has 1 amide bonds. The van der Waals surface area contributed by atoms with Crippen molar-refractivity contribution in [3.63, 3.8) is 0 Å². The molecule has 1 saturated heterocycles. The molecule has 0 bridgehead atoms. The highest BCUT2D eigenvalue weighted by molar-refractivity contribution is 5.78. The molecule has 1 heterocycles. The zero-order valence-electron chi connectivity index (χ0n) is 12.7. The lowest BCUT2D eigenvalue weighted by atomic mass is 9.97. The van der Waals surface area contributed by atoms with Crippen molar-refractivity contribution in [2.75, 3.05) is 39.0 Å². The van der Waals surface area contributed by atoms with Crippen LogP contribution in [0, 0.1) is 5.92 Å². The van der Waals surface area contributed by atoms with Gasteiger partial charge in [0.2, 0.25) is 5.91 Å². The van der Waals surface area contributed by atoms with Crippen molar-refractivity contribution in [3.05, 3.63) is 24.3 Å². The molecule has 116 valence electrons. The van der Waals surface area contributed by atoms with Crippen LogP contribution in [0.25, 0.3) is 0 Å². The predicted molar refractivity (Wildman–Crippen MR) is 84.2 cm³/mol. The Morgan fingerprint density at radius 3 is 3.05 bits per heavy atom. The number of nitrogens with one attached hydrogen (secondary N) is 1. The first-order valence-electron chi connectivity index (χ1n) is 7.62. The highest BCUT2D eigenvalue weighted by Crippen LogP contribution is 2.20. The van der Waals surface area contributed by atoms with E-state index >= 15 is 0 Å². The van der Waals surface area contributed by atoms with Gasteiger partial charge in [0.05, 0.1) is 18.2 Å². The van der Waals surface area contributed by atoms with Crippen LogP contribution in [-0.4, -0.2) is 44.1 Å². The number of benzene rings is 1. The summed E-state index contributed by atoms with van der Waals surface area (Å²) in [6, 6.07) is 7.55. The molecule has 5 heteroatoms. The molecule has 0 radical (unpaired) electrons. The molecule has 1 aliphatic rings. The average Bonchev–Trinajstić information content (AvgIpc) is 2.52. The second kappa shape index (κ2) is 7.88. The third-order valence-electron chi connectivity index (χ3n) is 3.92. The van der Waals surface area contributed by atoms with Crippen molar-refractivity contribution in [2.24, 2.45) is 5.92 Å². The van der Waals surface area contributed by atoms with Crippen LogP contribution in [0.1, 0.15) is 19.3 Å². The minimum Gasteiger partial charge on any atom is -0.491 e. The summed E-state index contributed by atoms with van der Waals surface area (Å²) in [5, 5.41) is 2.75. The van der Waals surface area contributed by atoms with E-state index in [1.807, 2.05) is 24.3 Å². The molecular formula is C16H25N3O2. The van der Waals surface area contributed by atoms with Crippen LogP contribution in [0.3, 0.4) is 0 Å². The van der Waals surface area contributed by atoms with Gasteiger partial charge < -0.3 is 20.7 Å². The zero-order valence-corrected chi connectivity index (χ0v) is 12.7. The van der Waals surface area contributed by atoms with Crippen molar-refractivity contribution < 1.29 is 9.53 Å². The molecule has 5 nitrogen and oxygen atoms in total. The van der Waals surface area contributed by atoms with Gasteiger partial charge in [-0.25, -0.2) is 0 Å². The highest BCUT2D eigenvalue weighted by atomic mass is 16.5. The summed E-state index contributed by atoms with van der Waals surface area (Å²) in [6.45, 7) is 3.53. The third-order valence-corrected chi connectivity index (χ3v) is 3.92. The van der Waals surface area contributed by atoms with Crippen molar-refractivity contribution in [1.29, 1.82) is 0 Å².